The SMILES string of the molecule is CCNC(=NCc1nc(C(F)(F)F)cs1)NCC1CCN(CCOC)CC1. The number of aromatic nitrogens is 1. The van der Waals surface area contributed by atoms with Crippen LogP contribution in [0.1, 0.15) is 30.5 Å². The Morgan fingerprint density at radius 1 is 1.37 bits per heavy atom. The maximum Gasteiger partial charge on any atom is 0.434 e. The Balaban J connectivity index is 1.79. The first-order valence-electron chi connectivity index (χ1n) is 9.17. The van der Waals surface area contributed by atoms with Gasteiger partial charge in [-0.05, 0) is 38.8 Å². The number of alkyl halides is 3. The number of rotatable bonds is 8. The molecule has 0 aromatic carbocycles. The number of hydrogen-bond donors (Lipinski definition) is 2. The fraction of sp³-hybridized carbons (Fsp3) is 0.765. The highest BCUT2D eigenvalue weighted by atomic mass is 32.1. The van der Waals surface area contributed by atoms with Gasteiger partial charge in [-0.2, -0.15) is 13.2 Å². The quantitative estimate of drug-likeness (QED) is 0.512. The van der Waals surface area contributed by atoms with E-state index in [1.54, 1.807) is 7.11 Å². The third-order valence-electron chi connectivity index (χ3n) is 4.44. The number of halogens is 3. The van der Waals surface area contributed by atoms with Gasteiger partial charge in [-0.1, -0.05) is 0 Å². The summed E-state index contributed by atoms with van der Waals surface area (Å²) in [5, 5.41) is 7.82. The lowest BCUT2D eigenvalue weighted by Crippen LogP contribution is -2.43. The summed E-state index contributed by atoms with van der Waals surface area (Å²) in [6, 6.07) is 0. The van der Waals surface area contributed by atoms with Gasteiger partial charge < -0.3 is 20.3 Å². The number of methoxy groups -OCH3 is 1. The van der Waals surface area contributed by atoms with Crippen LogP contribution in [0.3, 0.4) is 0 Å². The molecule has 2 rings (SSSR count). The van der Waals surface area contributed by atoms with Crippen molar-refractivity contribution in [2.24, 2.45) is 10.9 Å². The minimum atomic E-state index is -4.40. The smallest absolute Gasteiger partial charge is 0.383 e. The van der Waals surface area contributed by atoms with Gasteiger partial charge in [0.2, 0.25) is 0 Å². The molecular formula is C17H28F3N5OS. The number of nitrogens with zero attached hydrogens (tertiary/aromatic N) is 3. The molecule has 2 heterocycles. The normalized spacial score (nSPS) is 17.3. The largest absolute Gasteiger partial charge is 0.434 e. The van der Waals surface area contributed by atoms with Gasteiger partial charge in [-0.15, -0.1) is 11.3 Å². The number of hydrogen-bond acceptors (Lipinski definition) is 5. The van der Waals surface area contributed by atoms with Crippen LogP contribution in [-0.4, -0.2) is 62.3 Å². The monoisotopic (exact) mass is 407 g/mol. The molecule has 0 spiro atoms. The molecule has 27 heavy (non-hydrogen) atoms. The highest BCUT2D eigenvalue weighted by Gasteiger charge is 2.33. The van der Waals surface area contributed by atoms with E-state index in [0.717, 1.165) is 62.3 Å². The molecule has 0 atom stereocenters. The second kappa shape index (κ2) is 10.8. The number of guanidine groups is 1. The van der Waals surface area contributed by atoms with E-state index in [1.807, 2.05) is 6.92 Å². The Morgan fingerprint density at radius 3 is 2.70 bits per heavy atom. The van der Waals surface area contributed by atoms with Crippen LogP contribution in [0.5, 0.6) is 0 Å². The van der Waals surface area contributed by atoms with Crippen LogP contribution in [-0.2, 0) is 17.5 Å². The van der Waals surface area contributed by atoms with Crippen LogP contribution in [0.2, 0.25) is 0 Å². The van der Waals surface area contributed by atoms with E-state index >= 15 is 0 Å². The highest BCUT2D eigenvalue weighted by molar-refractivity contribution is 7.09. The molecule has 2 N–H and O–H groups in total. The zero-order valence-electron chi connectivity index (χ0n) is 15.8. The van der Waals surface area contributed by atoms with Gasteiger partial charge in [0.15, 0.2) is 11.7 Å². The lowest BCUT2D eigenvalue weighted by molar-refractivity contribution is -0.140. The van der Waals surface area contributed by atoms with E-state index in [1.165, 1.54) is 0 Å². The van der Waals surface area contributed by atoms with Crippen molar-refractivity contribution in [1.82, 2.24) is 20.5 Å². The summed E-state index contributed by atoms with van der Waals surface area (Å²) in [5.74, 6) is 1.17. The number of ether oxygens (including phenoxy) is 1. The zero-order chi connectivity index (χ0) is 19.7. The third-order valence-corrected chi connectivity index (χ3v) is 5.27. The Bertz CT molecular complexity index is 585. The van der Waals surface area contributed by atoms with Crippen LogP contribution in [0.4, 0.5) is 13.2 Å². The van der Waals surface area contributed by atoms with Gasteiger partial charge in [0.25, 0.3) is 0 Å². The second-order valence-corrected chi connectivity index (χ2v) is 7.42. The number of aliphatic imine (C=N–C) groups is 1. The number of likely N-dealkylation sites (tertiary alicyclic amines) is 1. The topological polar surface area (TPSA) is 61.8 Å². The molecule has 10 heteroatoms. The predicted molar refractivity (Wildman–Crippen MR) is 101 cm³/mol. The number of thiazole rings is 1. The van der Waals surface area contributed by atoms with Crippen LogP contribution in [0, 0.1) is 5.92 Å². The highest BCUT2D eigenvalue weighted by Crippen LogP contribution is 2.30. The fourth-order valence-electron chi connectivity index (χ4n) is 2.88. The van der Waals surface area contributed by atoms with Crippen molar-refractivity contribution < 1.29 is 17.9 Å². The van der Waals surface area contributed by atoms with E-state index in [2.05, 4.69) is 25.5 Å². The minimum Gasteiger partial charge on any atom is -0.383 e. The molecule has 0 bridgehead atoms. The molecule has 1 aliphatic rings. The van der Waals surface area contributed by atoms with E-state index in [0.29, 0.717) is 23.4 Å². The molecule has 0 unspecified atom stereocenters. The van der Waals surface area contributed by atoms with Gasteiger partial charge in [-0.3, -0.25) is 0 Å². The Kier molecular flexibility index (Phi) is 8.78. The summed E-state index contributed by atoms with van der Waals surface area (Å²) < 4.78 is 43.0. The first kappa shape index (κ1) is 21.9. The Hall–Kier alpha value is -1.39. The van der Waals surface area contributed by atoms with Crippen molar-refractivity contribution in [1.29, 1.82) is 0 Å². The molecule has 6 nitrogen and oxygen atoms in total. The van der Waals surface area contributed by atoms with Gasteiger partial charge in [0.1, 0.15) is 5.01 Å². The lowest BCUT2D eigenvalue weighted by atomic mass is 9.97. The van der Waals surface area contributed by atoms with Crippen molar-refractivity contribution in [3.8, 4) is 0 Å². The summed E-state index contributed by atoms with van der Waals surface area (Å²) in [7, 11) is 1.72. The van der Waals surface area contributed by atoms with E-state index in [4.69, 9.17) is 4.74 Å². The molecule has 1 aromatic rings. The van der Waals surface area contributed by atoms with E-state index < -0.39 is 11.9 Å². The van der Waals surface area contributed by atoms with Gasteiger partial charge in [0.05, 0.1) is 13.2 Å². The zero-order valence-corrected chi connectivity index (χ0v) is 16.6. The Labute approximate surface area is 162 Å². The molecule has 1 aromatic heterocycles. The summed E-state index contributed by atoms with van der Waals surface area (Å²) in [6.07, 6.45) is -2.19. The third kappa shape index (κ3) is 7.63. The van der Waals surface area contributed by atoms with Crippen molar-refractivity contribution in [2.45, 2.75) is 32.5 Å². The van der Waals surface area contributed by atoms with Crippen molar-refractivity contribution in [2.75, 3.05) is 46.4 Å². The van der Waals surface area contributed by atoms with Crippen LogP contribution in [0.25, 0.3) is 0 Å². The van der Waals surface area contributed by atoms with Crippen molar-refractivity contribution in [3.63, 3.8) is 0 Å². The minimum absolute atomic E-state index is 0.130. The average molecular weight is 408 g/mol. The number of piperidine rings is 1. The molecule has 0 aliphatic carbocycles. The summed E-state index contributed by atoms with van der Waals surface area (Å²) in [5.41, 5.74) is -0.851. The first-order chi connectivity index (χ1) is 12.9. The summed E-state index contributed by atoms with van der Waals surface area (Å²) >= 11 is 0.980. The van der Waals surface area contributed by atoms with Crippen LogP contribution in [0.15, 0.2) is 10.4 Å². The maximum atomic E-state index is 12.6. The molecule has 1 saturated heterocycles. The second-order valence-electron chi connectivity index (χ2n) is 6.48. The number of nitrogens with one attached hydrogen (secondary N) is 2. The van der Waals surface area contributed by atoms with Crippen LogP contribution >= 0.6 is 11.3 Å². The molecule has 0 radical (unpaired) electrons. The summed E-state index contributed by atoms with van der Waals surface area (Å²) in [6.45, 7) is 7.41. The average Bonchev–Trinajstić information content (AvgIpc) is 3.12. The molecular weight excluding hydrogens is 379 g/mol. The van der Waals surface area contributed by atoms with Crippen molar-refractivity contribution >= 4 is 17.3 Å². The van der Waals surface area contributed by atoms with E-state index in [9.17, 15) is 13.2 Å². The fourth-order valence-corrected chi connectivity index (χ4v) is 3.60. The van der Waals surface area contributed by atoms with Gasteiger partial charge >= 0.3 is 6.18 Å². The van der Waals surface area contributed by atoms with E-state index in [-0.39, 0.29) is 6.54 Å². The standard InChI is InChI=1S/C17H28F3N5OS/c1-3-21-16(23-11-15-24-14(12-27-15)17(18,19)20)22-10-13-4-6-25(7-5-13)8-9-26-2/h12-13H,3-11H2,1-2H3,(H2,21,22,23). The van der Waals surface area contributed by atoms with Gasteiger partial charge in [-0.25, -0.2) is 9.98 Å². The van der Waals surface area contributed by atoms with Crippen molar-refractivity contribution in [3.05, 3.63) is 16.1 Å². The molecule has 1 fully saturated rings. The first-order valence-corrected chi connectivity index (χ1v) is 10.1. The molecule has 1 aliphatic heterocycles. The maximum absolute atomic E-state index is 12.6. The van der Waals surface area contributed by atoms with Gasteiger partial charge in [0, 0.05) is 32.1 Å². The Morgan fingerprint density at radius 2 is 2.11 bits per heavy atom. The lowest BCUT2D eigenvalue weighted by Gasteiger charge is -2.32. The predicted octanol–water partition coefficient (Wildman–Crippen LogP) is 2.58. The molecule has 0 saturated carbocycles. The summed E-state index contributed by atoms with van der Waals surface area (Å²) in [4.78, 5) is 10.4. The van der Waals surface area contributed by atoms with Crippen LogP contribution < -0.4 is 10.6 Å². The molecule has 154 valence electrons. The molecule has 0 amide bonds.